The van der Waals surface area contributed by atoms with Crippen LogP contribution in [-0.4, -0.2) is 43.2 Å². The number of aromatic amines is 1. The number of amides is 1. The van der Waals surface area contributed by atoms with E-state index >= 15 is 0 Å². The third-order valence-electron chi connectivity index (χ3n) is 4.95. The van der Waals surface area contributed by atoms with E-state index in [9.17, 15) is 14.7 Å². The van der Waals surface area contributed by atoms with E-state index in [-0.39, 0.29) is 18.1 Å². The molecule has 0 bridgehead atoms. The second kappa shape index (κ2) is 6.01. The first-order chi connectivity index (χ1) is 12.5. The van der Waals surface area contributed by atoms with E-state index in [0.717, 1.165) is 16.6 Å². The summed E-state index contributed by atoms with van der Waals surface area (Å²) in [6.45, 7) is 5.00. The molecule has 1 aliphatic heterocycles. The first-order valence-corrected chi connectivity index (χ1v) is 8.65. The average molecular weight is 352 g/mol. The number of hydrogen-bond acceptors (Lipinski definition) is 3. The zero-order valence-electron chi connectivity index (χ0n) is 14.7. The van der Waals surface area contributed by atoms with Gasteiger partial charge in [0.2, 0.25) is 0 Å². The minimum atomic E-state index is -1.08. The Morgan fingerprint density at radius 2 is 2.08 bits per heavy atom. The van der Waals surface area contributed by atoms with Gasteiger partial charge in [-0.2, -0.15) is 5.10 Å². The SMILES string of the molecule is CC(C)n1ccc2ccc(C(=O)N3CCc4[nH]nc(C(=O)O)c4C3)cc21. The topological polar surface area (TPSA) is 91.2 Å². The van der Waals surface area contributed by atoms with Crippen LogP contribution < -0.4 is 0 Å². The Labute approximate surface area is 150 Å². The van der Waals surface area contributed by atoms with E-state index in [0.29, 0.717) is 30.1 Å². The Bertz CT molecular complexity index is 1020. The molecule has 0 saturated carbocycles. The van der Waals surface area contributed by atoms with Gasteiger partial charge < -0.3 is 14.6 Å². The highest BCUT2D eigenvalue weighted by Gasteiger charge is 2.28. The number of carboxylic acids is 1. The molecule has 0 spiro atoms. The van der Waals surface area contributed by atoms with Gasteiger partial charge in [-0.15, -0.1) is 0 Å². The summed E-state index contributed by atoms with van der Waals surface area (Å²) >= 11 is 0. The number of carboxylic acid groups (broad SMARTS) is 1. The molecule has 2 N–H and O–H groups in total. The highest BCUT2D eigenvalue weighted by atomic mass is 16.4. The smallest absolute Gasteiger partial charge is 0.356 e. The average Bonchev–Trinajstić information content (AvgIpc) is 3.23. The molecule has 26 heavy (non-hydrogen) atoms. The number of carbonyl (C=O) groups is 2. The van der Waals surface area contributed by atoms with E-state index in [4.69, 9.17) is 0 Å². The summed E-state index contributed by atoms with van der Waals surface area (Å²) in [4.78, 5) is 26.0. The van der Waals surface area contributed by atoms with Crippen LogP contribution in [0.4, 0.5) is 0 Å². The quantitative estimate of drug-likeness (QED) is 0.758. The number of fused-ring (bicyclic) bond motifs is 2. The van der Waals surface area contributed by atoms with Gasteiger partial charge >= 0.3 is 5.97 Å². The highest BCUT2D eigenvalue weighted by molar-refractivity contribution is 5.98. The largest absolute Gasteiger partial charge is 0.476 e. The Hall–Kier alpha value is -3.09. The van der Waals surface area contributed by atoms with Gasteiger partial charge in [0.05, 0.1) is 6.54 Å². The predicted molar refractivity (Wildman–Crippen MR) is 96.3 cm³/mol. The summed E-state index contributed by atoms with van der Waals surface area (Å²) in [7, 11) is 0. The summed E-state index contributed by atoms with van der Waals surface area (Å²) in [5.41, 5.74) is 3.04. The summed E-state index contributed by atoms with van der Waals surface area (Å²) in [6.07, 6.45) is 2.60. The number of aromatic nitrogens is 3. The minimum absolute atomic E-state index is 0.00152. The molecule has 134 valence electrons. The molecule has 0 unspecified atom stereocenters. The van der Waals surface area contributed by atoms with Crippen molar-refractivity contribution in [1.29, 1.82) is 0 Å². The molecule has 3 aromatic rings. The number of H-pyrrole nitrogens is 1. The minimum Gasteiger partial charge on any atom is -0.476 e. The standard InChI is InChI=1S/C19H20N4O3/c1-11(2)23-8-5-12-3-4-13(9-16(12)23)18(24)22-7-6-15-14(10-22)17(19(25)26)21-20-15/h3-5,8-9,11H,6-7,10H2,1-2H3,(H,20,21)(H,25,26). The molecule has 0 saturated heterocycles. The van der Waals surface area contributed by atoms with Gasteiger partial charge in [-0.3, -0.25) is 9.89 Å². The van der Waals surface area contributed by atoms with Gasteiger partial charge in [-0.05, 0) is 37.4 Å². The molecule has 2 aromatic heterocycles. The molecule has 7 heteroatoms. The number of hydrogen-bond donors (Lipinski definition) is 2. The zero-order valence-corrected chi connectivity index (χ0v) is 14.7. The third-order valence-corrected chi connectivity index (χ3v) is 4.95. The van der Waals surface area contributed by atoms with Crippen LogP contribution in [0, 0.1) is 0 Å². The van der Waals surface area contributed by atoms with Crippen molar-refractivity contribution in [3.8, 4) is 0 Å². The van der Waals surface area contributed by atoms with E-state index < -0.39 is 5.97 Å². The third kappa shape index (κ3) is 2.56. The van der Waals surface area contributed by atoms with Crippen LogP contribution in [-0.2, 0) is 13.0 Å². The van der Waals surface area contributed by atoms with Crippen molar-refractivity contribution < 1.29 is 14.7 Å². The molecule has 3 heterocycles. The van der Waals surface area contributed by atoms with E-state index in [1.807, 2.05) is 30.5 Å². The Morgan fingerprint density at radius 1 is 1.27 bits per heavy atom. The predicted octanol–water partition coefficient (Wildman–Crippen LogP) is 2.84. The van der Waals surface area contributed by atoms with Crippen LogP contribution in [0.2, 0.25) is 0 Å². The molecule has 1 amide bonds. The molecule has 4 rings (SSSR count). The van der Waals surface area contributed by atoms with Gasteiger partial charge in [0.1, 0.15) is 0 Å². The van der Waals surface area contributed by atoms with Crippen LogP contribution in [0.1, 0.15) is 52.0 Å². The Balaban J connectivity index is 1.66. The van der Waals surface area contributed by atoms with Gasteiger partial charge in [0, 0.05) is 47.5 Å². The van der Waals surface area contributed by atoms with Gasteiger partial charge in [0.15, 0.2) is 5.69 Å². The summed E-state index contributed by atoms with van der Waals surface area (Å²) < 4.78 is 2.14. The number of aromatic carboxylic acids is 1. The number of nitrogens with one attached hydrogen (secondary N) is 1. The van der Waals surface area contributed by atoms with Gasteiger partial charge in [-0.1, -0.05) is 6.07 Å². The van der Waals surface area contributed by atoms with Crippen molar-refractivity contribution >= 4 is 22.8 Å². The zero-order chi connectivity index (χ0) is 18.4. The number of rotatable bonds is 3. The van der Waals surface area contributed by atoms with Crippen molar-refractivity contribution in [3.63, 3.8) is 0 Å². The lowest BCUT2D eigenvalue weighted by Crippen LogP contribution is -2.36. The van der Waals surface area contributed by atoms with E-state index in [2.05, 4.69) is 28.6 Å². The molecule has 0 fully saturated rings. The number of carbonyl (C=O) groups excluding carboxylic acids is 1. The summed E-state index contributed by atoms with van der Waals surface area (Å²) in [5.74, 6) is -1.17. The number of benzene rings is 1. The van der Waals surface area contributed by atoms with E-state index in [1.165, 1.54) is 0 Å². The maximum atomic E-state index is 13.0. The first-order valence-electron chi connectivity index (χ1n) is 8.65. The first kappa shape index (κ1) is 16.4. The lowest BCUT2D eigenvalue weighted by atomic mass is 10.0. The molecule has 7 nitrogen and oxygen atoms in total. The molecule has 1 aliphatic rings. The molecule has 0 radical (unpaired) electrons. The lowest BCUT2D eigenvalue weighted by molar-refractivity contribution is 0.0674. The van der Waals surface area contributed by atoms with Crippen LogP contribution in [0.5, 0.6) is 0 Å². The van der Waals surface area contributed by atoms with E-state index in [1.54, 1.807) is 4.90 Å². The number of nitrogens with zero attached hydrogens (tertiary/aromatic N) is 3. The van der Waals surface area contributed by atoms with Gasteiger partial charge in [-0.25, -0.2) is 4.79 Å². The molecule has 0 atom stereocenters. The second-order valence-corrected chi connectivity index (χ2v) is 6.90. The van der Waals surface area contributed by atoms with Crippen molar-refractivity contribution in [3.05, 3.63) is 53.0 Å². The van der Waals surface area contributed by atoms with Crippen LogP contribution in [0.25, 0.3) is 10.9 Å². The van der Waals surface area contributed by atoms with Crippen molar-refractivity contribution in [1.82, 2.24) is 19.7 Å². The highest BCUT2D eigenvalue weighted by Crippen LogP contribution is 2.25. The normalized spacial score (nSPS) is 14.0. The second-order valence-electron chi connectivity index (χ2n) is 6.90. The summed E-state index contributed by atoms with van der Waals surface area (Å²) in [6, 6.07) is 8.05. The summed E-state index contributed by atoms with van der Waals surface area (Å²) in [5, 5.41) is 17.0. The monoisotopic (exact) mass is 352 g/mol. The maximum absolute atomic E-state index is 13.0. The van der Waals surface area contributed by atoms with Crippen molar-refractivity contribution in [2.45, 2.75) is 32.9 Å². The van der Waals surface area contributed by atoms with Crippen molar-refractivity contribution in [2.75, 3.05) is 6.54 Å². The fraction of sp³-hybridized carbons (Fsp3) is 0.316. The Kier molecular flexibility index (Phi) is 3.79. The maximum Gasteiger partial charge on any atom is 0.356 e. The van der Waals surface area contributed by atoms with Crippen LogP contribution in [0.15, 0.2) is 30.5 Å². The lowest BCUT2D eigenvalue weighted by Gasteiger charge is -2.27. The molecule has 1 aromatic carbocycles. The van der Waals surface area contributed by atoms with Crippen molar-refractivity contribution in [2.24, 2.45) is 0 Å². The fourth-order valence-corrected chi connectivity index (χ4v) is 3.56. The molecule has 0 aliphatic carbocycles. The van der Waals surface area contributed by atoms with Crippen LogP contribution in [0.3, 0.4) is 0 Å². The Morgan fingerprint density at radius 3 is 2.81 bits per heavy atom. The van der Waals surface area contributed by atoms with Gasteiger partial charge in [0.25, 0.3) is 5.91 Å². The fourth-order valence-electron chi connectivity index (χ4n) is 3.56. The molecular weight excluding hydrogens is 332 g/mol. The molecular formula is C19H20N4O3. The van der Waals surface area contributed by atoms with Crippen LogP contribution >= 0.6 is 0 Å².